The highest BCUT2D eigenvalue weighted by molar-refractivity contribution is 7.10. The topological polar surface area (TPSA) is 0 Å². The van der Waals surface area contributed by atoms with Gasteiger partial charge in [0.1, 0.15) is 0 Å². The first kappa shape index (κ1) is 15.0. The summed E-state index contributed by atoms with van der Waals surface area (Å²) in [6.45, 7) is 2.09. The molecule has 0 amide bonds. The van der Waals surface area contributed by atoms with Crippen molar-refractivity contribution in [2.45, 2.75) is 32.1 Å². The van der Waals surface area contributed by atoms with Gasteiger partial charge in [0.2, 0.25) is 0 Å². The van der Waals surface area contributed by atoms with Gasteiger partial charge in [-0.15, -0.1) is 11.3 Å². The lowest BCUT2D eigenvalue weighted by Gasteiger charge is -2.20. The Hall–Kier alpha value is -1.57. The lowest BCUT2D eigenvalue weighted by atomic mass is 9.85. The number of halogens is 1. The van der Waals surface area contributed by atoms with Crippen molar-refractivity contribution in [1.82, 2.24) is 0 Å². The zero-order valence-electron chi connectivity index (χ0n) is 13.2. The fourth-order valence-electron chi connectivity index (χ4n) is 3.64. The molecule has 0 spiro atoms. The maximum Gasteiger partial charge on any atom is 0.0440 e. The van der Waals surface area contributed by atoms with E-state index in [-0.39, 0.29) is 0 Å². The van der Waals surface area contributed by atoms with E-state index in [1.165, 1.54) is 32.7 Å². The quantitative estimate of drug-likeness (QED) is 0.523. The lowest BCUT2D eigenvalue weighted by molar-refractivity contribution is 0.803. The van der Waals surface area contributed by atoms with Gasteiger partial charge in [-0.2, -0.15) is 0 Å². The molecule has 3 aromatic rings. The first-order valence-electron chi connectivity index (χ1n) is 8.11. The second-order valence-corrected chi connectivity index (χ2v) is 7.76. The molecular weight excluding hydrogens is 320 g/mol. The van der Waals surface area contributed by atoms with E-state index in [1.54, 1.807) is 0 Å². The van der Waals surface area contributed by atoms with Crippen molar-refractivity contribution in [1.29, 1.82) is 0 Å². The van der Waals surface area contributed by atoms with Gasteiger partial charge in [0.15, 0.2) is 0 Å². The van der Waals surface area contributed by atoms with E-state index in [9.17, 15) is 0 Å². The summed E-state index contributed by atoms with van der Waals surface area (Å²) in [6.07, 6.45) is 3.27. The molecule has 0 N–H and O–H groups in total. The van der Waals surface area contributed by atoms with Gasteiger partial charge >= 0.3 is 0 Å². The van der Waals surface area contributed by atoms with Gasteiger partial charge in [0, 0.05) is 15.8 Å². The predicted octanol–water partition coefficient (Wildman–Crippen LogP) is 6.18. The average molecular weight is 339 g/mol. The predicted molar refractivity (Wildman–Crippen MR) is 99.9 cm³/mol. The van der Waals surface area contributed by atoms with Crippen LogP contribution in [-0.4, -0.2) is 0 Å². The number of hydrogen-bond acceptors (Lipinski definition) is 1. The normalized spacial score (nSPS) is 16.5. The average Bonchev–Trinajstić information content (AvgIpc) is 2.96. The molecule has 116 valence electrons. The van der Waals surface area contributed by atoms with Crippen LogP contribution in [0.2, 0.25) is 5.02 Å². The van der Waals surface area contributed by atoms with Crippen molar-refractivity contribution in [3.8, 4) is 0 Å². The summed E-state index contributed by atoms with van der Waals surface area (Å²) in [4.78, 5) is 1.54. The van der Waals surface area contributed by atoms with Crippen LogP contribution in [0.4, 0.5) is 0 Å². The zero-order valence-corrected chi connectivity index (χ0v) is 14.8. The number of fused-ring (bicyclic) bond motifs is 2. The summed E-state index contributed by atoms with van der Waals surface area (Å²) in [7, 11) is 0. The molecule has 1 aromatic heterocycles. The molecule has 0 saturated heterocycles. The molecule has 2 heteroatoms. The Morgan fingerprint density at radius 2 is 1.91 bits per heavy atom. The molecular formula is C21H19ClS. The number of rotatable bonds is 2. The second kappa shape index (κ2) is 6.14. The van der Waals surface area contributed by atoms with Gasteiger partial charge in [-0.05, 0) is 71.5 Å². The SMILES string of the molecule is Cc1ccc(CC2c3ccccc3CCc3sccc32)c(Cl)c1. The maximum absolute atomic E-state index is 6.52. The van der Waals surface area contributed by atoms with Crippen molar-refractivity contribution < 1.29 is 0 Å². The molecule has 4 rings (SSSR count). The third-order valence-electron chi connectivity index (χ3n) is 4.84. The molecule has 0 aliphatic heterocycles. The molecule has 1 aliphatic rings. The van der Waals surface area contributed by atoms with Crippen molar-refractivity contribution in [2.75, 3.05) is 0 Å². The van der Waals surface area contributed by atoms with Crippen LogP contribution in [0.5, 0.6) is 0 Å². The summed E-state index contributed by atoms with van der Waals surface area (Å²) < 4.78 is 0. The van der Waals surface area contributed by atoms with Crippen LogP contribution in [0.1, 0.15) is 38.6 Å². The van der Waals surface area contributed by atoms with Crippen molar-refractivity contribution in [2.24, 2.45) is 0 Å². The Morgan fingerprint density at radius 1 is 1.04 bits per heavy atom. The fourth-order valence-corrected chi connectivity index (χ4v) is 4.90. The van der Waals surface area contributed by atoms with Crippen LogP contribution in [0, 0.1) is 6.92 Å². The van der Waals surface area contributed by atoms with Gasteiger partial charge in [-0.3, -0.25) is 0 Å². The third kappa shape index (κ3) is 2.84. The van der Waals surface area contributed by atoms with Crippen LogP contribution in [-0.2, 0) is 19.3 Å². The Labute approximate surface area is 146 Å². The van der Waals surface area contributed by atoms with Crippen LogP contribution >= 0.6 is 22.9 Å². The number of thiophene rings is 1. The second-order valence-electron chi connectivity index (χ2n) is 6.35. The van der Waals surface area contributed by atoms with E-state index in [2.05, 4.69) is 60.8 Å². The minimum absolute atomic E-state index is 0.412. The smallest absolute Gasteiger partial charge is 0.0440 e. The molecule has 1 atom stereocenters. The molecule has 0 fully saturated rings. The summed E-state index contributed by atoms with van der Waals surface area (Å²) in [6, 6.07) is 17.7. The van der Waals surface area contributed by atoms with E-state index in [4.69, 9.17) is 11.6 Å². The summed E-state index contributed by atoms with van der Waals surface area (Å²) >= 11 is 8.42. The maximum atomic E-state index is 6.52. The van der Waals surface area contributed by atoms with Crippen LogP contribution in [0.3, 0.4) is 0 Å². The molecule has 0 bridgehead atoms. The van der Waals surface area contributed by atoms with E-state index in [1.807, 2.05) is 11.3 Å². The molecule has 2 aromatic carbocycles. The summed E-state index contributed by atoms with van der Waals surface area (Å²) in [5.74, 6) is 0.412. The number of hydrogen-bond donors (Lipinski definition) is 0. The van der Waals surface area contributed by atoms with Gasteiger partial charge in [0.05, 0.1) is 0 Å². The highest BCUT2D eigenvalue weighted by atomic mass is 35.5. The summed E-state index contributed by atoms with van der Waals surface area (Å²) in [5, 5.41) is 3.13. The highest BCUT2D eigenvalue weighted by Gasteiger charge is 2.25. The summed E-state index contributed by atoms with van der Waals surface area (Å²) in [5.41, 5.74) is 6.93. The number of aryl methyl sites for hydroxylation is 3. The Morgan fingerprint density at radius 3 is 2.78 bits per heavy atom. The Bertz CT molecular complexity index is 847. The minimum Gasteiger partial charge on any atom is -0.149 e. The fraction of sp³-hybridized carbons (Fsp3) is 0.238. The Balaban J connectivity index is 1.81. The third-order valence-corrected chi connectivity index (χ3v) is 6.19. The van der Waals surface area contributed by atoms with Crippen LogP contribution in [0.15, 0.2) is 53.9 Å². The van der Waals surface area contributed by atoms with Crippen LogP contribution in [0.25, 0.3) is 0 Å². The van der Waals surface area contributed by atoms with E-state index < -0.39 is 0 Å². The van der Waals surface area contributed by atoms with Crippen molar-refractivity contribution in [3.05, 3.63) is 91.6 Å². The molecule has 1 unspecified atom stereocenters. The molecule has 23 heavy (non-hydrogen) atoms. The molecule has 0 saturated carbocycles. The van der Waals surface area contributed by atoms with E-state index in [0.717, 1.165) is 24.3 Å². The van der Waals surface area contributed by atoms with Crippen molar-refractivity contribution >= 4 is 22.9 Å². The molecule has 1 heterocycles. The lowest BCUT2D eigenvalue weighted by Crippen LogP contribution is -2.06. The zero-order chi connectivity index (χ0) is 15.8. The first-order valence-corrected chi connectivity index (χ1v) is 9.37. The monoisotopic (exact) mass is 338 g/mol. The number of benzene rings is 2. The van der Waals surface area contributed by atoms with E-state index in [0.29, 0.717) is 5.92 Å². The van der Waals surface area contributed by atoms with E-state index >= 15 is 0 Å². The van der Waals surface area contributed by atoms with Crippen molar-refractivity contribution in [3.63, 3.8) is 0 Å². The Kier molecular flexibility index (Phi) is 4.00. The first-order chi connectivity index (χ1) is 11.2. The highest BCUT2D eigenvalue weighted by Crippen LogP contribution is 2.39. The standard InChI is InChI=1S/C21H19ClS/c1-14-6-7-16(20(22)12-14)13-19-17-5-3-2-4-15(17)8-9-21-18(19)10-11-23-21/h2-7,10-12,19H,8-9,13H2,1H3. The molecule has 1 aliphatic carbocycles. The largest absolute Gasteiger partial charge is 0.149 e. The van der Waals surface area contributed by atoms with Gasteiger partial charge in [-0.25, -0.2) is 0 Å². The van der Waals surface area contributed by atoms with Crippen LogP contribution < -0.4 is 0 Å². The minimum atomic E-state index is 0.412. The molecule has 0 radical (unpaired) electrons. The van der Waals surface area contributed by atoms with Gasteiger partial charge in [-0.1, -0.05) is 48.0 Å². The van der Waals surface area contributed by atoms with Gasteiger partial charge < -0.3 is 0 Å². The molecule has 0 nitrogen and oxygen atoms in total. The van der Waals surface area contributed by atoms with Gasteiger partial charge in [0.25, 0.3) is 0 Å².